The van der Waals surface area contributed by atoms with E-state index in [2.05, 4.69) is 52.0 Å². The Bertz CT molecular complexity index is 307. The molecule has 0 aliphatic heterocycles. The van der Waals surface area contributed by atoms with Gasteiger partial charge in [0.2, 0.25) is 0 Å². The minimum atomic E-state index is 0.950. The smallest absolute Gasteiger partial charge is 0.0173 e. The van der Waals surface area contributed by atoms with Crippen molar-refractivity contribution in [1.82, 2.24) is 4.90 Å². The third kappa shape index (κ3) is 5.58. The largest absolute Gasteiger partial charge is 0.352 e. The Morgan fingerprint density at radius 2 is 1.88 bits per heavy atom. The van der Waals surface area contributed by atoms with Gasteiger partial charge >= 0.3 is 0 Å². The van der Waals surface area contributed by atoms with Crippen molar-refractivity contribution in [3.8, 4) is 0 Å². The van der Waals surface area contributed by atoms with Gasteiger partial charge in [0.25, 0.3) is 0 Å². The van der Waals surface area contributed by atoms with Gasteiger partial charge < -0.3 is 4.90 Å². The second-order valence-corrected chi connectivity index (χ2v) is 4.41. The first-order valence-corrected chi connectivity index (χ1v) is 6.41. The first kappa shape index (κ1) is 15.8. The molecular formula is C16H27N. The van der Waals surface area contributed by atoms with Crippen LogP contribution in [0, 0.1) is 0 Å². The van der Waals surface area contributed by atoms with E-state index in [1.807, 2.05) is 12.2 Å². The topological polar surface area (TPSA) is 3.24 Å². The average molecular weight is 233 g/mol. The molecule has 0 saturated carbocycles. The van der Waals surface area contributed by atoms with E-state index >= 15 is 0 Å². The molecule has 0 aromatic carbocycles. The Balaban J connectivity index is 4.88. The van der Waals surface area contributed by atoms with Crippen LogP contribution in [-0.4, -0.2) is 11.9 Å². The number of hydrogen-bond acceptors (Lipinski definition) is 1. The monoisotopic (exact) mass is 233 g/mol. The lowest BCUT2D eigenvalue weighted by Crippen LogP contribution is -2.16. The molecule has 0 radical (unpaired) electrons. The lowest BCUT2D eigenvalue weighted by Gasteiger charge is -2.25. The Kier molecular flexibility index (Phi) is 8.21. The lowest BCUT2D eigenvalue weighted by molar-refractivity contribution is 0.480. The third-order valence-electron chi connectivity index (χ3n) is 3.10. The van der Waals surface area contributed by atoms with Crippen LogP contribution < -0.4 is 0 Å². The second kappa shape index (κ2) is 8.86. The summed E-state index contributed by atoms with van der Waals surface area (Å²) >= 11 is 0. The maximum absolute atomic E-state index is 3.80. The normalized spacial score (nSPS) is 13.1. The Morgan fingerprint density at radius 1 is 1.24 bits per heavy atom. The summed E-state index contributed by atoms with van der Waals surface area (Å²) in [6.07, 6.45) is 10.4. The van der Waals surface area contributed by atoms with E-state index in [4.69, 9.17) is 0 Å². The van der Waals surface area contributed by atoms with Crippen molar-refractivity contribution in [2.45, 2.75) is 46.5 Å². The highest BCUT2D eigenvalue weighted by molar-refractivity contribution is 5.19. The van der Waals surface area contributed by atoms with Gasteiger partial charge in [0.1, 0.15) is 0 Å². The third-order valence-corrected chi connectivity index (χ3v) is 3.10. The lowest BCUT2D eigenvalue weighted by atomic mass is 10.1. The molecule has 0 spiro atoms. The van der Waals surface area contributed by atoms with Gasteiger partial charge in [-0.05, 0) is 39.2 Å². The fourth-order valence-electron chi connectivity index (χ4n) is 1.72. The standard InChI is InChI=1S/C16H27N/c1-7-10-13-16(12-9-3)17(6)15(5)14(4)11-8-2/h8-9,12H,2-3,7,10-11,13H2,1,4-6H3/b15-14+,16-12+. The minimum absolute atomic E-state index is 0.950. The number of nitrogens with zero attached hydrogens (tertiary/aromatic N) is 1. The second-order valence-electron chi connectivity index (χ2n) is 4.41. The van der Waals surface area contributed by atoms with Crippen LogP contribution in [0.4, 0.5) is 0 Å². The molecule has 0 unspecified atom stereocenters. The van der Waals surface area contributed by atoms with E-state index in [0.717, 1.165) is 12.8 Å². The van der Waals surface area contributed by atoms with Crippen LogP contribution in [0.25, 0.3) is 0 Å². The van der Waals surface area contributed by atoms with Crippen LogP contribution in [0.3, 0.4) is 0 Å². The molecule has 0 atom stereocenters. The Labute approximate surface area is 107 Å². The van der Waals surface area contributed by atoms with Gasteiger partial charge in [-0.15, -0.1) is 6.58 Å². The van der Waals surface area contributed by atoms with Gasteiger partial charge in [0.15, 0.2) is 0 Å². The number of hydrogen-bond donors (Lipinski definition) is 0. The van der Waals surface area contributed by atoms with E-state index in [1.54, 1.807) is 0 Å². The van der Waals surface area contributed by atoms with Crippen LogP contribution in [0.15, 0.2) is 48.4 Å². The summed E-state index contributed by atoms with van der Waals surface area (Å²) < 4.78 is 0. The summed E-state index contributed by atoms with van der Waals surface area (Å²) in [5.41, 5.74) is 4.02. The van der Waals surface area contributed by atoms with Crippen LogP contribution >= 0.6 is 0 Å². The van der Waals surface area contributed by atoms with Gasteiger partial charge in [-0.1, -0.05) is 37.6 Å². The molecule has 1 nitrogen and oxygen atoms in total. The zero-order chi connectivity index (χ0) is 13.3. The SMILES string of the molecule is C=C/C=C(\CCCC)N(C)/C(C)=C(\C)CC=C. The highest BCUT2D eigenvalue weighted by Gasteiger charge is 2.07. The van der Waals surface area contributed by atoms with Crippen LogP contribution in [0.5, 0.6) is 0 Å². The van der Waals surface area contributed by atoms with Gasteiger partial charge in [0.05, 0.1) is 0 Å². The summed E-state index contributed by atoms with van der Waals surface area (Å²) in [6, 6.07) is 0. The van der Waals surface area contributed by atoms with E-state index < -0.39 is 0 Å². The maximum Gasteiger partial charge on any atom is 0.0173 e. The molecule has 96 valence electrons. The van der Waals surface area contributed by atoms with Crippen molar-refractivity contribution in [3.05, 3.63) is 48.4 Å². The molecule has 0 aromatic heterocycles. The molecule has 0 amide bonds. The van der Waals surface area contributed by atoms with E-state index in [0.29, 0.717) is 0 Å². The summed E-state index contributed by atoms with van der Waals surface area (Å²) in [4.78, 5) is 2.27. The predicted molar refractivity (Wildman–Crippen MR) is 78.8 cm³/mol. The molecule has 0 aliphatic rings. The fourth-order valence-corrected chi connectivity index (χ4v) is 1.72. The van der Waals surface area contributed by atoms with Gasteiger partial charge in [-0.3, -0.25) is 0 Å². The van der Waals surface area contributed by atoms with E-state index in [1.165, 1.54) is 29.8 Å². The number of unbranched alkanes of at least 4 members (excludes halogenated alkanes) is 1. The first-order chi connectivity index (χ1) is 8.08. The number of allylic oxidation sites excluding steroid dienone is 6. The molecule has 17 heavy (non-hydrogen) atoms. The van der Waals surface area contributed by atoms with Crippen molar-refractivity contribution in [2.75, 3.05) is 7.05 Å². The molecule has 0 aliphatic carbocycles. The highest BCUT2D eigenvalue weighted by Crippen LogP contribution is 2.20. The molecule has 0 rings (SSSR count). The Morgan fingerprint density at radius 3 is 2.35 bits per heavy atom. The van der Waals surface area contributed by atoms with Crippen molar-refractivity contribution >= 4 is 0 Å². The zero-order valence-corrected chi connectivity index (χ0v) is 11.9. The quantitative estimate of drug-likeness (QED) is 0.419. The van der Waals surface area contributed by atoms with Crippen molar-refractivity contribution in [1.29, 1.82) is 0 Å². The molecule has 0 aromatic rings. The summed E-state index contributed by atoms with van der Waals surface area (Å²) in [7, 11) is 2.13. The summed E-state index contributed by atoms with van der Waals surface area (Å²) in [5, 5.41) is 0. The zero-order valence-electron chi connectivity index (χ0n) is 11.9. The molecule has 0 saturated heterocycles. The fraction of sp³-hybridized carbons (Fsp3) is 0.500. The molecule has 0 heterocycles. The minimum Gasteiger partial charge on any atom is -0.352 e. The first-order valence-electron chi connectivity index (χ1n) is 6.41. The molecule has 0 bridgehead atoms. The average Bonchev–Trinajstić information content (AvgIpc) is 2.33. The Hall–Kier alpha value is -1.24. The van der Waals surface area contributed by atoms with Crippen LogP contribution in [0.1, 0.15) is 46.5 Å². The molecule has 1 heteroatoms. The summed E-state index contributed by atoms with van der Waals surface area (Å²) in [6.45, 7) is 14.1. The molecule has 0 N–H and O–H groups in total. The van der Waals surface area contributed by atoms with Crippen molar-refractivity contribution in [2.24, 2.45) is 0 Å². The summed E-state index contributed by atoms with van der Waals surface area (Å²) in [5.74, 6) is 0. The van der Waals surface area contributed by atoms with E-state index in [-0.39, 0.29) is 0 Å². The van der Waals surface area contributed by atoms with Crippen LogP contribution in [0.2, 0.25) is 0 Å². The van der Waals surface area contributed by atoms with Crippen LogP contribution in [-0.2, 0) is 0 Å². The molecule has 0 fully saturated rings. The molecular weight excluding hydrogens is 206 g/mol. The van der Waals surface area contributed by atoms with Crippen molar-refractivity contribution < 1.29 is 0 Å². The van der Waals surface area contributed by atoms with Gasteiger partial charge in [-0.25, -0.2) is 0 Å². The maximum atomic E-state index is 3.80. The number of rotatable bonds is 8. The van der Waals surface area contributed by atoms with Crippen molar-refractivity contribution in [3.63, 3.8) is 0 Å². The highest BCUT2D eigenvalue weighted by atomic mass is 15.1. The van der Waals surface area contributed by atoms with Gasteiger partial charge in [-0.2, -0.15) is 0 Å². The predicted octanol–water partition coefficient (Wildman–Crippen LogP) is 5.05. The van der Waals surface area contributed by atoms with Gasteiger partial charge in [0, 0.05) is 18.4 Å². The van der Waals surface area contributed by atoms with E-state index in [9.17, 15) is 0 Å².